The summed E-state index contributed by atoms with van der Waals surface area (Å²) in [6, 6.07) is 0. The molecule has 5 nitrogen and oxygen atoms in total. The molecule has 2 heterocycles. The lowest BCUT2D eigenvalue weighted by Gasteiger charge is -2.27. The molecule has 0 saturated carbocycles. The monoisotopic (exact) mass is 236 g/mol. The van der Waals surface area contributed by atoms with Gasteiger partial charge in [0, 0.05) is 18.8 Å². The lowest BCUT2D eigenvalue weighted by Crippen LogP contribution is -2.29. The van der Waals surface area contributed by atoms with Crippen LogP contribution in [-0.2, 0) is 13.0 Å². The van der Waals surface area contributed by atoms with Crippen molar-refractivity contribution in [1.82, 2.24) is 9.88 Å². The zero-order chi connectivity index (χ0) is 12.6. The molecule has 2 rings (SSSR count). The fourth-order valence-electron chi connectivity index (χ4n) is 2.30. The average Bonchev–Trinajstić information content (AvgIpc) is 2.27. The number of fused-ring (bicyclic) bond motifs is 1. The molecular formula is C12H16N2O3. The molecule has 17 heavy (non-hydrogen) atoms. The SMILES string of the molecule is COc1nc(C)c2c(c1C(=O)O)CN(C)CC2. The first kappa shape index (κ1) is 11.9. The second-order valence-electron chi connectivity index (χ2n) is 4.33. The van der Waals surface area contributed by atoms with Crippen molar-refractivity contribution in [2.24, 2.45) is 0 Å². The second kappa shape index (κ2) is 4.33. The van der Waals surface area contributed by atoms with Gasteiger partial charge in [-0.1, -0.05) is 0 Å². The highest BCUT2D eigenvalue weighted by molar-refractivity contribution is 5.92. The Balaban J connectivity index is 2.66. The van der Waals surface area contributed by atoms with Crippen molar-refractivity contribution >= 4 is 5.97 Å². The van der Waals surface area contributed by atoms with Gasteiger partial charge in [-0.2, -0.15) is 0 Å². The minimum absolute atomic E-state index is 0.208. The molecule has 1 aliphatic rings. The number of likely N-dealkylation sites (N-methyl/N-ethyl adjacent to an activating group) is 1. The lowest BCUT2D eigenvalue weighted by molar-refractivity contribution is 0.0689. The Morgan fingerprint density at radius 3 is 2.76 bits per heavy atom. The van der Waals surface area contributed by atoms with Gasteiger partial charge >= 0.3 is 5.97 Å². The lowest BCUT2D eigenvalue weighted by atomic mass is 9.94. The number of aromatic nitrogens is 1. The molecule has 0 saturated heterocycles. The summed E-state index contributed by atoms with van der Waals surface area (Å²) < 4.78 is 5.08. The Labute approximate surface area is 100 Å². The summed E-state index contributed by atoms with van der Waals surface area (Å²) in [5.41, 5.74) is 2.98. The number of hydrogen-bond acceptors (Lipinski definition) is 4. The largest absolute Gasteiger partial charge is 0.480 e. The minimum Gasteiger partial charge on any atom is -0.480 e. The number of carboxylic acids is 1. The number of aryl methyl sites for hydroxylation is 1. The van der Waals surface area contributed by atoms with Gasteiger partial charge in [0.05, 0.1) is 7.11 Å². The first-order valence-corrected chi connectivity index (χ1v) is 5.52. The number of pyridine rings is 1. The number of carboxylic acid groups (broad SMARTS) is 1. The van der Waals surface area contributed by atoms with E-state index < -0.39 is 5.97 Å². The van der Waals surface area contributed by atoms with Crippen LogP contribution in [0.5, 0.6) is 5.88 Å². The molecule has 92 valence electrons. The van der Waals surface area contributed by atoms with Crippen molar-refractivity contribution < 1.29 is 14.6 Å². The van der Waals surface area contributed by atoms with Crippen LogP contribution in [0.1, 0.15) is 27.2 Å². The summed E-state index contributed by atoms with van der Waals surface area (Å²) in [7, 11) is 3.43. The Kier molecular flexibility index (Phi) is 3.02. The molecule has 5 heteroatoms. The fraction of sp³-hybridized carbons (Fsp3) is 0.500. The Morgan fingerprint density at radius 1 is 1.47 bits per heavy atom. The normalized spacial score (nSPS) is 15.5. The molecule has 0 fully saturated rings. The highest BCUT2D eigenvalue weighted by Gasteiger charge is 2.26. The molecule has 0 amide bonds. The van der Waals surface area contributed by atoms with Gasteiger partial charge in [0.25, 0.3) is 0 Å². The molecule has 0 aliphatic carbocycles. The fourth-order valence-corrected chi connectivity index (χ4v) is 2.30. The third-order valence-corrected chi connectivity index (χ3v) is 3.16. The molecule has 0 atom stereocenters. The smallest absolute Gasteiger partial charge is 0.341 e. The number of nitrogens with zero attached hydrogens (tertiary/aromatic N) is 2. The zero-order valence-electron chi connectivity index (χ0n) is 10.3. The summed E-state index contributed by atoms with van der Waals surface area (Å²) in [6.07, 6.45) is 0.842. The summed E-state index contributed by atoms with van der Waals surface area (Å²) in [6.45, 7) is 3.47. The molecular weight excluding hydrogens is 220 g/mol. The number of carbonyl (C=O) groups is 1. The van der Waals surface area contributed by atoms with Crippen LogP contribution in [0.15, 0.2) is 0 Å². The number of methoxy groups -OCH3 is 1. The van der Waals surface area contributed by atoms with Crippen molar-refractivity contribution in [2.45, 2.75) is 19.9 Å². The molecule has 1 aromatic rings. The van der Waals surface area contributed by atoms with Gasteiger partial charge < -0.3 is 14.7 Å². The quantitative estimate of drug-likeness (QED) is 0.832. The molecule has 0 unspecified atom stereocenters. The third kappa shape index (κ3) is 1.98. The van der Waals surface area contributed by atoms with Crippen molar-refractivity contribution in [3.05, 3.63) is 22.4 Å². The van der Waals surface area contributed by atoms with Gasteiger partial charge in [-0.25, -0.2) is 9.78 Å². The van der Waals surface area contributed by atoms with Gasteiger partial charge in [0.2, 0.25) is 5.88 Å². The Morgan fingerprint density at radius 2 is 2.18 bits per heavy atom. The van der Waals surface area contributed by atoms with E-state index in [1.165, 1.54) is 7.11 Å². The van der Waals surface area contributed by atoms with Crippen LogP contribution in [0.4, 0.5) is 0 Å². The first-order valence-electron chi connectivity index (χ1n) is 5.52. The highest BCUT2D eigenvalue weighted by Crippen LogP contribution is 2.29. The summed E-state index contributed by atoms with van der Waals surface area (Å²) in [5.74, 6) is -0.759. The van der Waals surface area contributed by atoms with E-state index in [-0.39, 0.29) is 11.4 Å². The van der Waals surface area contributed by atoms with Crippen LogP contribution in [-0.4, -0.2) is 41.7 Å². The molecule has 0 radical (unpaired) electrons. The first-order chi connectivity index (χ1) is 8.04. The standard InChI is InChI=1S/C12H16N2O3/c1-7-8-4-5-14(2)6-9(8)10(12(15)16)11(13-7)17-3/h4-6H2,1-3H3,(H,15,16). The Bertz CT molecular complexity index is 471. The predicted molar refractivity (Wildman–Crippen MR) is 62.5 cm³/mol. The van der Waals surface area contributed by atoms with Crippen LogP contribution >= 0.6 is 0 Å². The van der Waals surface area contributed by atoms with Crippen LogP contribution in [0.3, 0.4) is 0 Å². The van der Waals surface area contributed by atoms with Crippen LogP contribution in [0, 0.1) is 6.92 Å². The van der Waals surface area contributed by atoms with Crippen molar-refractivity contribution in [1.29, 1.82) is 0 Å². The van der Waals surface area contributed by atoms with Crippen LogP contribution < -0.4 is 4.74 Å². The predicted octanol–water partition coefficient (Wildman–Crippen LogP) is 1.08. The van der Waals surface area contributed by atoms with E-state index in [1.54, 1.807) is 0 Å². The van der Waals surface area contributed by atoms with E-state index >= 15 is 0 Å². The molecule has 1 aromatic heterocycles. The van der Waals surface area contributed by atoms with Gasteiger partial charge in [0.1, 0.15) is 5.56 Å². The third-order valence-electron chi connectivity index (χ3n) is 3.16. The van der Waals surface area contributed by atoms with Crippen LogP contribution in [0.2, 0.25) is 0 Å². The van der Waals surface area contributed by atoms with E-state index in [0.717, 1.165) is 29.8 Å². The van der Waals surface area contributed by atoms with Gasteiger partial charge in [-0.3, -0.25) is 0 Å². The van der Waals surface area contributed by atoms with E-state index in [9.17, 15) is 9.90 Å². The van der Waals surface area contributed by atoms with Crippen LogP contribution in [0.25, 0.3) is 0 Å². The number of rotatable bonds is 2. The minimum atomic E-state index is -0.971. The van der Waals surface area contributed by atoms with Gasteiger partial charge in [0.15, 0.2) is 0 Å². The average molecular weight is 236 g/mol. The summed E-state index contributed by atoms with van der Waals surface area (Å²) in [4.78, 5) is 17.7. The molecule has 1 aliphatic heterocycles. The second-order valence-corrected chi connectivity index (χ2v) is 4.33. The van der Waals surface area contributed by atoms with E-state index in [1.807, 2.05) is 14.0 Å². The summed E-state index contributed by atoms with van der Waals surface area (Å²) in [5, 5.41) is 9.29. The summed E-state index contributed by atoms with van der Waals surface area (Å²) >= 11 is 0. The van der Waals surface area contributed by atoms with Gasteiger partial charge in [-0.05, 0) is 31.5 Å². The molecule has 0 aromatic carbocycles. The molecule has 1 N–H and O–H groups in total. The van der Waals surface area contributed by atoms with E-state index in [4.69, 9.17) is 4.74 Å². The van der Waals surface area contributed by atoms with Crippen molar-refractivity contribution in [2.75, 3.05) is 20.7 Å². The Hall–Kier alpha value is -1.62. The molecule has 0 bridgehead atoms. The zero-order valence-corrected chi connectivity index (χ0v) is 10.3. The van der Waals surface area contributed by atoms with Crippen molar-refractivity contribution in [3.8, 4) is 5.88 Å². The number of ether oxygens (including phenoxy) is 1. The maximum Gasteiger partial charge on any atom is 0.341 e. The topological polar surface area (TPSA) is 62.7 Å². The van der Waals surface area contributed by atoms with Crippen molar-refractivity contribution in [3.63, 3.8) is 0 Å². The maximum atomic E-state index is 11.3. The number of hydrogen-bond donors (Lipinski definition) is 1. The van der Waals surface area contributed by atoms with Gasteiger partial charge in [-0.15, -0.1) is 0 Å². The van der Waals surface area contributed by atoms with E-state index in [0.29, 0.717) is 6.54 Å². The highest BCUT2D eigenvalue weighted by atomic mass is 16.5. The number of aromatic carboxylic acids is 1. The molecule has 0 spiro atoms. The van der Waals surface area contributed by atoms with E-state index in [2.05, 4.69) is 9.88 Å². The maximum absolute atomic E-state index is 11.3.